The number of nitrogens with one attached hydrogen (secondary N) is 1. The Labute approximate surface area is 76.4 Å². The zero-order valence-corrected chi connectivity index (χ0v) is 7.83. The molecule has 1 amide bonds. The molecule has 0 radical (unpaired) electrons. The molecule has 13 heavy (non-hydrogen) atoms. The summed E-state index contributed by atoms with van der Waals surface area (Å²) in [5.74, 6) is -1.13. The van der Waals surface area contributed by atoms with Gasteiger partial charge in [0.1, 0.15) is 5.60 Å². The second-order valence-electron chi connectivity index (χ2n) is 3.32. The summed E-state index contributed by atoms with van der Waals surface area (Å²) >= 11 is 0. The molecule has 74 valence electrons. The first-order valence-electron chi connectivity index (χ1n) is 3.70. The van der Waals surface area contributed by atoms with Crippen LogP contribution in [0.15, 0.2) is 12.3 Å². The number of hydrogen-bond donors (Lipinski definition) is 2. The minimum absolute atomic E-state index is 0.582. The molecule has 5 heteroatoms. The highest BCUT2D eigenvalue weighted by molar-refractivity contribution is 5.80. The minimum Gasteiger partial charge on any atom is -0.478 e. The summed E-state index contributed by atoms with van der Waals surface area (Å²) < 4.78 is 4.83. The maximum atomic E-state index is 10.9. The molecule has 0 aromatic heterocycles. The Balaban J connectivity index is 3.83. The van der Waals surface area contributed by atoms with E-state index in [-0.39, 0.29) is 0 Å². The van der Waals surface area contributed by atoms with Crippen LogP contribution >= 0.6 is 0 Å². The molecule has 0 heterocycles. The van der Waals surface area contributed by atoms with Gasteiger partial charge in [-0.3, -0.25) is 5.32 Å². The Morgan fingerprint density at radius 3 is 2.31 bits per heavy atom. The fraction of sp³-hybridized carbons (Fsp3) is 0.500. The number of carboxylic acids is 1. The average molecular weight is 187 g/mol. The van der Waals surface area contributed by atoms with Gasteiger partial charge in [0, 0.05) is 12.3 Å². The number of hydrogen-bond acceptors (Lipinski definition) is 3. The van der Waals surface area contributed by atoms with Gasteiger partial charge < -0.3 is 9.84 Å². The lowest BCUT2D eigenvalue weighted by Gasteiger charge is -2.18. The Morgan fingerprint density at radius 1 is 1.38 bits per heavy atom. The van der Waals surface area contributed by atoms with E-state index in [1.807, 2.05) is 0 Å². The summed E-state index contributed by atoms with van der Waals surface area (Å²) in [5.41, 5.74) is -0.582. The van der Waals surface area contributed by atoms with Crippen molar-refractivity contribution in [3.05, 3.63) is 12.3 Å². The van der Waals surface area contributed by atoms with Gasteiger partial charge in [-0.25, -0.2) is 9.59 Å². The lowest BCUT2D eigenvalue weighted by molar-refractivity contribution is -0.131. The smallest absolute Gasteiger partial charge is 0.411 e. The van der Waals surface area contributed by atoms with Crippen LogP contribution in [0.5, 0.6) is 0 Å². The van der Waals surface area contributed by atoms with Crippen molar-refractivity contribution >= 4 is 12.1 Å². The normalized spacial score (nSPS) is 11.3. The molecule has 0 aliphatic heterocycles. The Kier molecular flexibility index (Phi) is 3.97. The van der Waals surface area contributed by atoms with Gasteiger partial charge in [-0.2, -0.15) is 0 Å². The summed E-state index contributed by atoms with van der Waals surface area (Å²) in [6, 6.07) is 0. The van der Waals surface area contributed by atoms with Crippen LogP contribution in [0.25, 0.3) is 0 Å². The van der Waals surface area contributed by atoms with Crippen molar-refractivity contribution in [2.24, 2.45) is 0 Å². The van der Waals surface area contributed by atoms with Crippen LogP contribution in [0.4, 0.5) is 4.79 Å². The number of carbonyl (C=O) groups excluding carboxylic acids is 1. The molecule has 0 bridgehead atoms. The molecule has 2 N–H and O–H groups in total. The van der Waals surface area contributed by atoms with E-state index in [4.69, 9.17) is 9.84 Å². The average Bonchev–Trinajstić information content (AvgIpc) is 1.81. The molecule has 0 atom stereocenters. The van der Waals surface area contributed by atoms with E-state index < -0.39 is 17.7 Å². The van der Waals surface area contributed by atoms with Crippen LogP contribution in [0.2, 0.25) is 0 Å². The molecule has 0 aliphatic carbocycles. The maximum absolute atomic E-state index is 10.9. The third-order valence-electron chi connectivity index (χ3n) is 0.826. The van der Waals surface area contributed by atoms with Gasteiger partial charge in [0.15, 0.2) is 0 Å². The van der Waals surface area contributed by atoms with Gasteiger partial charge in [-0.05, 0) is 20.8 Å². The van der Waals surface area contributed by atoms with Crippen LogP contribution in [-0.4, -0.2) is 22.8 Å². The third-order valence-corrected chi connectivity index (χ3v) is 0.826. The van der Waals surface area contributed by atoms with E-state index in [1.165, 1.54) is 0 Å². The highest BCUT2D eigenvalue weighted by atomic mass is 16.6. The summed E-state index contributed by atoms with van der Waals surface area (Å²) in [5, 5.41) is 10.3. The van der Waals surface area contributed by atoms with Crippen molar-refractivity contribution in [1.29, 1.82) is 0 Å². The van der Waals surface area contributed by atoms with E-state index in [0.717, 1.165) is 12.3 Å². The van der Waals surface area contributed by atoms with Crippen molar-refractivity contribution in [3.8, 4) is 0 Å². The first kappa shape index (κ1) is 11.5. The van der Waals surface area contributed by atoms with Crippen molar-refractivity contribution < 1.29 is 19.4 Å². The molecular weight excluding hydrogens is 174 g/mol. The van der Waals surface area contributed by atoms with E-state index in [1.54, 1.807) is 20.8 Å². The lowest BCUT2D eigenvalue weighted by atomic mass is 10.2. The third kappa shape index (κ3) is 8.39. The quantitative estimate of drug-likeness (QED) is 0.635. The van der Waals surface area contributed by atoms with Crippen LogP contribution in [0, 0.1) is 0 Å². The number of carboxylic acid groups (broad SMARTS) is 1. The highest BCUT2D eigenvalue weighted by Crippen LogP contribution is 2.05. The van der Waals surface area contributed by atoms with Gasteiger partial charge >= 0.3 is 12.1 Å². The van der Waals surface area contributed by atoms with E-state index in [2.05, 4.69) is 5.32 Å². The summed E-state index contributed by atoms with van der Waals surface area (Å²) in [6.45, 7) is 5.15. The summed E-state index contributed by atoms with van der Waals surface area (Å²) in [4.78, 5) is 20.8. The zero-order valence-electron chi connectivity index (χ0n) is 7.83. The molecule has 5 nitrogen and oxygen atoms in total. The van der Waals surface area contributed by atoms with E-state index >= 15 is 0 Å². The lowest BCUT2D eigenvalue weighted by Crippen LogP contribution is -2.29. The summed E-state index contributed by atoms with van der Waals surface area (Å²) in [6.07, 6.45) is 1.14. The first-order chi connectivity index (χ1) is 5.81. The molecule has 0 spiro atoms. The number of aliphatic carboxylic acids is 1. The number of ether oxygens (including phenoxy) is 1. The topological polar surface area (TPSA) is 75.6 Å². The Bertz CT molecular complexity index is 227. The highest BCUT2D eigenvalue weighted by Gasteiger charge is 2.14. The minimum atomic E-state index is -1.13. The number of amides is 1. The van der Waals surface area contributed by atoms with Crippen LogP contribution in [0.1, 0.15) is 20.8 Å². The van der Waals surface area contributed by atoms with E-state index in [9.17, 15) is 9.59 Å². The molecule has 0 aromatic carbocycles. The standard InChI is InChI=1S/C8H13NO4/c1-8(2,3)13-7(12)9-5-4-6(10)11/h4-5H,1-3H3,(H,9,12)(H,10,11)/b5-4-. The summed E-state index contributed by atoms with van der Waals surface area (Å²) in [7, 11) is 0. The first-order valence-corrected chi connectivity index (χ1v) is 3.70. The van der Waals surface area contributed by atoms with Gasteiger partial charge in [-0.15, -0.1) is 0 Å². The van der Waals surface area contributed by atoms with Crippen LogP contribution in [0.3, 0.4) is 0 Å². The van der Waals surface area contributed by atoms with Crippen molar-refractivity contribution in [2.45, 2.75) is 26.4 Å². The molecule has 0 rings (SSSR count). The van der Waals surface area contributed by atoms with Gasteiger partial charge in [0.05, 0.1) is 0 Å². The zero-order chi connectivity index (χ0) is 10.5. The Hall–Kier alpha value is -1.52. The fourth-order valence-electron chi connectivity index (χ4n) is 0.489. The van der Waals surface area contributed by atoms with Crippen LogP contribution in [-0.2, 0) is 9.53 Å². The SMILES string of the molecule is CC(C)(C)OC(=O)N/C=C\C(=O)O. The van der Waals surface area contributed by atoms with Crippen molar-refractivity contribution in [3.63, 3.8) is 0 Å². The van der Waals surface area contributed by atoms with Gasteiger partial charge in [0.2, 0.25) is 0 Å². The second kappa shape index (κ2) is 4.49. The molecule has 0 saturated carbocycles. The van der Waals surface area contributed by atoms with Crippen LogP contribution < -0.4 is 5.32 Å². The maximum Gasteiger partial charge on any atom is 0.411 e. The second-order valence-corrected chi connectivity index (χ2v) is 3.32. The largest absolute Gasteiger partial charge is 0.478 e. The van der Waals surface area contributed by atoms with Crippen molar-refractivity contribution in [2.75, 3.05) is 0 Å². The molecule has 0 unspecified atom stereocenters. The monoisotopic (exact) mass is 187 g/mol. The van der Waals surface area contributed by atoms with Gasteiger partial charge in [0.25, 0.3) is 0 Å². The predicted octanol–water partition coefficient (Wildman–Crippen LogP) is 1.11. The molecule has 0 aromatic rings. The predicted molar refractivity (Wildman–Crippen MR) is 46.1 cm³/mol. The molecule has 0 saturated heterocycles. The Morgan fingerprint density at radius 2 is 1.92 bits per heavy atom. The van der Waals surface area contributed by atoms with Crippen molar-refractivity contribution in [1.82, 2.24) is 5.32 Å². The fourth-order valence-corrected chi connectivity index (χ4v) is 0.489. The van der Waals surface area contributed by atoms with E-state index in [0.29, 0.717) is 0 Å². The number of alkyl carbamates (subject to hydrolysis) is 1. The molecule has 0 fully saturated rings. The number of carbonyl (C=O) groups is 2. The molecule has 0 aliphatic rings. The molecular formula is C8H13NO4. The number of rotatable bonds is 2. The van der Waals surface area contributed by atoms with Gasteiger partial charge in [-0.1, -0.05) is 0 Å².